The summed E-state index contributed by atoms with van der Waals surface area (Å²) in [6.07, 6.45) is 5.73. The van der Waals surface area contributed by atoms with Crippen molar-refractivity contribution in [1.29, 1.82) is 0 Å². The molecule has 0 radical (unpaired) electrons. The maximum Gasteiger partial charge on any atom is 2.00 e. The Morgan fingerprint density at radius 2 is 0.630 bits per heavy atom. The van der Waals surface area contributed by atoms with E-state index in [9.17, 15) is 0 Å². The van der Waals surface area contributed by atoms with Gasteiger partial charge < -0.3 is 28.7 Å². The minimum atomic E-state index is 0. The monoisotopic (exact) mass is 2430 g/mol. The summed E-state index contributed by atoms with van der Waals surface area (Å²) in [6.45, 7) is 0. The number of rotatable bonds is 15. The van der Waals surface area contributed by atoms with Gasteiger partial charge in [0.15, 0.2) is 0 Å². The second-order valence-corrected chi connectivity index (χ2v) is 40.3. The fourth-order valence-electron chi connectivity index (χ4n) is 17.4. The number of pyridine rings is 3. The predicted molar refractivity (Wildman–Crippen MR) is 561 cm³/mol. The summed E-state index contributed by atoms with van der Waals surface area (Å²) >= 11 is 15.6. The third-order valence-electron chi connectivity index (χ3n) is 23.6. The molecular weight excluding hydrogens is 2370 g/mol. The Morgan fingerprint density at radius 3 is 1.10 bits per heavy atom. The summed E-state index contributed by atoms with van der Waals surface area (Å²) in [6, 6.07) is 138. The summed E-state index contributed by atoms with van der Waals surface area (Å²) in [5, 5.41) is 22.6. The molecule has 0 fully saturated rings. The molecule has 0 bridgehead atoms. The number of aromatic nitrogens is 9. The first-order chi connectivity index (χ1) is 65.4. The van der Waals surface area contributed by atoms with E-state index in [4.69, 9.17) is 24.9 Å². The molecule has 0 saturated carbocycles. The van der Waals surface area contributed by atoms with Gasteiger partial charge in [0.1, 0.15) is 0 Å². The average molecular weight is 2430 g/mol. The fourth-order valence-corrected chi connectivity index (χ4v) is 24.6. The fraction of sp³-hybridized carbons (Fsp3) is 0. The number of benzene rings is 12. The molecule has 9 nitrogen and oxygen atoms in total. The smallest absolute Gasteiger partial charge is 0.346 e. The number of fused-ring (bicyclic) bond motifs is 12. The molecular formula is C114H63N9Pt3S9. The molecule has 0 atom stereocenters. The normalized spacial score (nSPS) is 11.4. The Labute approximate surface area is 855 Å². The van der Waals surface area contributed by atoms with Gasteiger partial charge >= 0.3 is 63.2 Å². The summed E-state index contributed by atoms with van der Waals surface area (Å²) < 4.78 is 10.4. The third-order valence-corrected chi connectivity index (χ3v) is 32.3. The minimum Gasteiger partial charge on any atom is -0.346 e. The van der Waals surface area contributed by atoms with E-state index in [2.05, 4.69) is 385 Å². The molecule has 12 aromatic carbocycles. The molecule has 648 valence electrons. The first kappa shape index (κ1) is 87.7. The van der Waals surface area contributed by atoms with E-state index >= 15 is 0 Å². The van der Waals surface area contributed by atoms with Gasteiger partial charge in [-0.05, 0) is 212 Å². The van der Waals surface area contributed by atoms with Crippen LogP contribution in [-0.2, 0) is 63.2 Å². The van der Waals surface area contributed by atoms with Gasteiger partial charge in [-0.2, -0.15) is 45.3 Å². The van der Waals surface area contributed by atoms with Crippen LogP contribution in [0.15, 0.2) is 378 Å². The second-order valence-electron chi connectivity index (χ2n) is 31.5. The van der Waals surface area contributed by atoms with E-state index in [1.807, 2.05) is 48.9 Å². The van der Waals surface area contributed by atoms with Crippen molar-refractivity contribution < 1.29 is 63.2 Å². The summed E-state index contributed by atoms with van der Waals surface area (Å²) in [5.74, 6) is 0. The SMILES string of the molecule is [Pt+2].[Pt+2].[Pt+2].[c-]1c(-c2ccc(-c3cccs3)cn2)ccc(-c2cccs2)c1-n1c2[c-]c(-c3nc4ccccc4s3)ccc2c2ccccc21.[c-]1c(-c2ccc(-c3cccs3)cn2)cccc1-n1c2[c-]c(-c3nc4ccccc4s3)ccc2c2cc(-c3cccs3)ccc21.[c-]1c(-c2ccccn2)cccc1-n1c2[c-]c(-c3nc4ccc(-c5cccs5)cc4s3)ccc2c2cc(-c3cccs3)ccc21. The van der Waals surface area contributed by atoms with Crippen LogP contribution in [0.25, 0.3) is 241 Å². The number of para-hydroxylation sites is 3. The van der Waals surface area contributed by atoms with Crippen molar-refractivity contribution in [2.24, 2.45) is 0 Å². The molecule has 15 aromatic heterocycles. The number of thiophene rings is 6. The molecule has 0 amide bonds. The molecule has 0 N–H and O–H groups in total. The first-order valence-electron chi connectivity index (χ1n) is 42.7. The number of thiazole rings is 3. The van der Waals surface area contributed by atoms with E-state index in [0.717, 1.165) is 165 Å². The van der Waals surface area contributed by atoms with Crippen LogP contribution in [0.5, 0.6) is 0 Å². The van der Waals surface area contributed by atoms with Crippen molar-refractivity contribution >= 4 is 198 Å². The van der Waals surface area contributed by atoms with Crippen molar-refractivity contribution in [3.63, 3.8) is 0 Å². The van der Waals surface area contributed by atoms with E-state index in [1.165, 1.54) is 76.2 Å². The molecule has 0 saturated heterocycles. The van der Waals surface area contributed by atoms with Crippen LogP contribution in [-0.4, -0.2) is 43.6 Å². The van der Waals surface area contributed by atoms with Crippen LogP contribution in [0, 0.1) is 36.4 Å². The second kappa shape index (κ2) is 37.9. The quantitative estimate of drug-likeness (QED) is 0.0950. The zero-order valence-corrected chi connectivity index (χ0v) is 84.7. The molecule has 0 aliphatic carbocycles. The van der Waals surface area contributed by atoms with Crippen molar-refractivity contribution in [3.8, 4) is 145 Å². The van der Waals surface area contributed by atoms with Gasteiger partial charge in [0, 0.05) is 99.8 Å². The van der Waals surface area contributed by atoms with Gasteiger partial charge in [-0.1, -0.05) is 173 Å². The largest absolute Gasteiger partial charge is 2.00 e. The summed E-state index contributed by atoms with van der Waals surface area (Å²) in [7, 11) is 0. The van der Waals surface area contributed by atoms with Crippen LogP contribution in [0.2, 0.25) is 0 Å². The standard InChI is InChI=1S/3C38H21N3S3.3Pt/c1-3-9-32-27(7-1)28-16-14-25(38-40-31-8-2-4-10-37(31)44-38)22-33(28)41(32)34-21-24(13-17-29(34)36-12-6-20-43-36)30-18-15-26(23-39-30)35-11-5-19-42-35;1-2-17-39-31(8-1)24-6-3-7-28(20-24)41-33-16-13-25(35-9-4-18-42-35)21-30(33)29-14-11-27(22-34(29)41)38-40-32-15-12-26(23-37(32)44-38)36-10-5-19-43-36;1-2-9-37-32(8-1)40-38(44-37)26-12-15-29-30-21-25(35-10-4-18-42-35)14-17-33(30)41(34(29)22-26)28-7-3-6-24(20-28)31-16-13-27(23-39-31)36-11-5-19-43-36;;;/h1-20,23H;2*1-19,21,23H;;;/q3*-2;3*+2. The Morgan fingerprint density at radius 1 is 0.237 bits per heavy atom. The Hall–Kier alpha value is -12.6. The molecule has 0 aliphatic heterocycles. The molecule has 27 aromatic rings. The number of nitrogens with zero attached hydrogens (tertiary/aromatic N) is 9. The molecule has 0 spiro atoms. The minimum absolute atomic E-state index is 0. The topological polar surface area (TPSA) is 92.1 Å². The number of hydrogen-bond donors (Lipinski definition) is 0. The zero-order chi connectivity index (χ0) is 87.1. The molecule has 0 unspecified atom stereocenters. The van der Waals surface area contributed by atoms with Gasteiger partial charge in [0.2, 0.25) is 0 Å². The predicted octanol–water partition coefficient (Wildman–Crippen LogP) is 33.5. The third kappa shape index (κ3) is 16.8. The van der Waals surface area contributed by atoms with Crippen LogP contribution >= 0.6 is 102 Å². The van der Waals surface area contributed by atoms with Gasteiger partial charge in [-0.3, -0.25) is 15.0 Å². The van der Waals surface area contributed by atoms with E-state index in [-0.39, 0.29) is 63.2 Å². The molecule has 21 heteroatoms. The molecule has 15 heterocycles. The van der Waals surface area contributed by atoms with Gasteiger partial charge in [0.25, 0.3) is 0 Å². The van der Waals surface area contributed by atoms with Crippen molar-refractivity contribution in [2.75, 3.05) is 0 Å². The molecule has 135 heavy (non-hydrogen) atoms. The van der Waals surface area contributed by atoms with Crippen molar-refractivity contribution in [2.45, 2.75) is 0 Å². The van der Waals surface area contributed by atoms with E-state index < -0.39 is 0 Å². The maximum atomic E-state index is 5.04. The van der Waals surface area contributed by atoms with Crippen molar-refractivity contribution in [1.82, 2.24) is 43.6 Å². The summed E-state index contributed by atoms with van der Waals surface area (Å²) in [5.41, 5.74) is 27.9. The van der Waals surface area contributed by atoms with Crippen LogP contribution in [0.3, 0.4) is 0 Å². The summed E-state index contributed by atoms with van der Waals surface area (Å²) in [4.78, 5) is 36.6. The van der Waals surface area contributed by atoms with Gasteiger partial charge in [-0.15, -0.1) is 211 Å². The van der Waals surface area contributed by atoms with Crippen LogP contribution in [0.4, 0.5) is 0 Å². The van der Waals surface area contributed by atoms with Gasteiger partial charge in [0.05, 0.1) is 16.6 Å². The van der Waals surface area contributed by atoms with E-state index in [0.29, 0.717) is 0 Å². The first-order valence-corrected chi connectivity index (χ1v) is 50.4. The van der Waals surface area contributed by atoms with E-state index in [1.54, 1.807) is 102 Å². The van der Waals surface area contributed by atoms with Crippen LogP contribution in [0.1, 0.15) is 0 Å². The maximum absolute atomic E-state index is 5.04. The zero-order valence-electron chi connectivity index (χ0n) is 70.5. The average Bonchev–Trinajstić information content (AvgIpc) is 1.59. The van der Waals surface area contributed by atoms with Gasteiger partial charge in [-0.25, -0.2) is 0 Å². The molecule has 0 aliphatic rings. The number of hydrogen-bond acceptors (Lipinski definition) is 15. The van der Waals surface area contributed by atoms with Crippen LogP contribution < -0.4 is 0 Å². The van der Waals surface area contributed by atoms with Crippen molar-refractivity contribution in [3.05, 3.63) is 415 Å². The molecule has 27 rings (SSSR count). The Balaban J connectivity index is 0.000000116. The Kier molecular flexibility index (Phi) is 24.7. The Bertz CT molecular complexity index is 8900.